The number of rotatable bonds is 2. The molecule has 0 radical (unpaired) electrons. The van der Waals surface area contributed by atoms with Crippen molar-refractivity contribution in [2.24, 2.45) is 0 Å². The van der Waals surface area contributed by atoms with E-state index in [0.29, 0.717) is 0 Å². The molecule has 0 aliphatic rings. The molecule has 0 saturated heterocycles. The fourth-order valence-electron chi connectivity index (χ4n) is 0.976. The van der Waals surface area contributed by atoms with Gasteiger partial charge in [0.25, 0.3) is 0 Å². The van der Waals surface area contributed by atoms with E-state index in [1.807, 2.05) is 6.92 Å². The first-order valence-electron chi connectivity index (χ1n) is 3.92. The highest BCUT2D eigenvalue weighted by Gasteiger charge is 2.16. The van der Waals surface area contributed by atoms with Crippen LogP contribution in [0.2, 0.25) is 0 Å². The van der Waals surface area contributed by atoms with Crippen LogP contribution in [0.15, 0.2) is 17.3 Å². The van der Waals surface area contributed by atoms with Gasteiger partial charge in [0.05, 0.1) is 11.4 Å². The minimum atomic E-state index is -3.28. The highest BCUT2D eigenvalue weighted by atomic mass is 32.2. The molecular weight excluding hydrogens is 188 g/mol. The first kappa shape index (κ1) is 9.98. The number of hydrogen-bond acceptors (Lipinski definition) is 4. The van der Waals surface area contributed by atoms with Crippen molar-refractivity contribution in [2.75, 3.05) is 11.5 Å². The summed E-state index contributed by atoms with van der Waals surface area (Å²) in [4.78, 5) is 3.81. The fourth-order valence-corrected chi connectivity index (χ4v) is 1.88. The topological polar surface area (TPSA) is 73.0 Å². The predicted octanol–water partition coefficient (Wildman–Crippen LogP) is 0.766. The molecule has 0 amide bonds. The van der Waals surface area contributed by atoms with Crippen LogP contribution in [-0.4, -0.2) is 19.2 Å². The Morgan fingerprint density at radius 2 is 2.15 bits per heavy atom. The van der Waals surface area contributed by atoms with Gasteiger partial charge < -0.3 is 5.73 Å². The molecule has 0 fully saturated rings. The van der Waals surface area contributed by atoms with Crippen LogP contribution in [0.4, 0.5) is 5.69 Å². The monoisotopic (exact) mass is 200 g/mol. The number of nitrogens with zero attached hydrogens (tertiary/aromatic N) is 1. The molecule has 0 unspecified atom stereocenters. The maximum atomic E-state index is 11.4. The summed E-state index contributed by atoms with van der Waals surface area (Å²) < 4.78 is 22.8. The quantitative estimate of drug-likeness (QED) is 0.765. The van der Waals surface area contributed by atoms with Gasteiger partial charge in [-0.15, -0.1) is 0 Å². The normalized spacial score (nSPS) is 11.5. The SMILES string of the molecule is CCS(=O)(=O)c1ncc(C)cc1N. The second-order valence-corrected chi connectivity index (χ2v) is 5.00. The molecule has 0 aliphatic heterocycles. The Balaban J connectivity index is 3.33. The molecule has 0 saturated carbocycles. The molecule has 0 spiro atoms. The summed E-state index contributed by atoms with van der Waals surface area (Å²) in [7, 11) is -3.28. The van der Waals surface area contributed by atoms with Crippen molar-refractivity contribution in [2.45, 2.75) is 18.9 Å². The van der Waals surface area contributed by atoms with E-state index < -0.39 is 9.84 Å². The van der Waals surface area contributed by atoms with Crippen molar-refractivity contribution in [1.82, 2.24) is 4.98 Å². The van der Waals surface area contributed by atoms with Crippen LogP contribution in [-0.2, 0) is 9.84 Å². The fraction of sp³-hybridized carbons (Fsp3) is 0.375. The van der Waals surface area contributed by atoms with E-state index >= 15 is 0 Å². The Morgan fingerprint density at radius 1 is 1.54 bits per heavy atom. The third-order valence-corrected chi connectivity index (χ3v) is 3.38. The van der Waals surface area contributed by atoms with E-state index in [1.54, 1.807) is 13.0 Å². The minimum absolute atomic E-state index is 0.0133. The lowest BCUT2D eigenvalue weighted by Gasteiger charge is -2.04. The number of pyridine rings is 1. The molecule has 13 heavy (non-hydrogen) atoms. The van der Waals surface area contributed by atoms with Crippen LogP contribution in [0.1, 0.15) is 12.5 Å². The molecule has 0 aliphatic carbocycles. The van der Waals surface area contributed by atoms with Crippen LogP contribution in [0.3, 0.4) is 0 Å². The molecule has 2 N–H and O–H groups in total. The summed E-state index contributed by atoms with van der Waals surface area (Å²) >= 11 is 0. The summed E-state index contributed by atoms with van der Waals surface area (Å²) in [6.45, 7) is 3.38. The van der Waals surface area contributed by atoms with E-state index in [-0.39, 0.29) is 16.5 Å². The average Bonchev–Trinajstić information content (AvgIpc) is 2.03. The molecule has 4 nitrogen and oxygen atoms in total. The number of aryl methyl sites for hydroxylation is 1. The first-order valence-corrected chi connectivity index (χ1v) is 5.57. The Kier molecular flexibility index (Phi) is 2.56. The molecule has 1 rings (SSSR count). The molecule has 0 aromatic carbocycles. The van der Waals surface area contributed by atoms with Crippen molar-refractivity contribution in [3.8, 4) is 0 Å². The summed E-state index contributed by atoms with van der Waals surface area (Å²) in [6.07, 6.45) is 1.50. The third kappa shape index (κ3) is 1.98. The maximum Gasteiger partial charge on any atom is 0.197 e. The summed E-state index contributed by atoms with van der Waals surface area (Å²) in [5.41, 5.74) is 6.62. The maximum absolute atomic E-state index is 11.4. The van der Waals surface area contributed by atoms with E-state index in [0.717, 1.165) is 5.56 Å². The number of hydrogen-bond donors (Lipinski definition) is 1. The van der Waals surface area contributed by atoms with Gasteiger partial charge in [-0.1, -0.05) is 6.92 Å². The second kappa shape index (κ2) is 3.33. The zero-order chi connectivity index (χ0) is 10.1. The molecule has 72 valence electrons. The van der Waals surface area contributed by atoms with Crippen molar-refractivity contribution in [3.05, 3.63) is 17.8 Å². The highest BCUT2D eigenvalue weighted by molar-refractivity contribution is 7.91. The van der Waals surface area contributed by atoms with Crippen LogP contribution < -0.4 is 5.73 Å². The van der Waals surface area contributed by atoms with Gasteiger partial charge in [-0.2, -0.15) is 0 Å². The van der Waals surface area contributed by atoms with Crippen LogP contribution in [0.25, 0.3) is 0 Å². The van der Waals surface area contributed by atoms with E-state index in [1.165, 1.54) is 6.20 Å². The lowest BCUT2D eigenvalue weighted by Crippen LogP contribution is -2.09. The largest absolute Gasteiger partial charge is 0.396 e. The molecule has 5 heteroatoms. The van der Waals surface area contributed by atoms with Crippen molar-refractivity contribution >= 4 is 15.5 Å². The first-order chi connectivity index (χ1) is 5.97. The molecule has 1 aromatic heterocycles. The van der Waals surface area contributed by atoms with Gasteiger partial charge in [0.2, 0.25) is 0 Å². The highest BCUT2D eigenvalue weighted by Crippen LogP contribution is 2.17. The summed E-state index contributed by atoms with van der Waals surface area (Å²) in [5.74, 6) is 0.0211. The Labute approximate surface area is 77.7 Å². The standard InChI is InChI=1S/C8H12N2O2S/c1-3-13(11,12)8-7(9)4-6(2)5-10-8/h4-5H,3,9H2,1-2H3. The van der Waals surface area contributed by atoms with Gasteiger partial charge in [0.15, 0.2) is 14.9 Å². The number of anilines is 1. The third-order valence-electron chi connectivity index (χ3n) is 1.69. The second-order valence-electron chi connectivity index (χ2n) is 2.81. The van der Waals surface area contributed by atoms with Gasteiger partial charge in [-0.25, -0.2) is 13.4 Å². The molecule has 0 atom stereocenters. The Hall–Kier alpha value is -1.10. The molecule has 1 heterocycles. The zero-order valence-electron chi connectivity index (χ0n) is 7.61. The average molecular weight is 200 g/mol. The Bertz CT molecular complexity index is 412. The van der Waals surface area contributed by atoms with Crippen molar-refractivity contribution in [1.29, 1.82) is 0 Å². The van der Waals surface area contributed by atoms with Gasteiger partial charge in [0, 0.05) is 6.20 Å². The summed E-state index contributed by atoms with van der Waals surface area (Å²) in [6, 6.07) is 1.61. The lowest BCUT2D eigenvalue weighted by molar-refractivity contribution is 0.594. The number of nitrogens with two attached hydrogens (primary N) is 1. The number of sulfone groups is 1. The molecule has 0 bridgehead atoms. The van der Waals surface area contributed by atoms with E-state index in [9.17, 15) is 8.42 Å². The van der Waals surface area contributed by atoms with Crippen molar-refractivity contribution in [3.63, 3.8) is 0 Å². The van der Waals surface area contributed by atoms with Crippen LogP contribution >= 0.6 is 0 Å². The van der Waals surface area contributed by atoms with Crippen LogP contribution in [0.5, 0.6) is 0 Å². The van der Waals surface area contributed by atoms with Crippen LogP contribution in [0, 0.1) is 6.92 Å². The van der Waals surface area contributed by atoms with E-state index in [4.69, 9.17) is 5.73 Å². The van der Waals surface area contributed by atoms with E-state index in [2.05, 4.69) is 4.98 Å². The zero-order valence-corrected chi connectivity index (χ0v) is 8.43. The Morgan fingerprint density at radius 3 is 2.62 bits per heavy atom. The number of nitrogen functional groups attached to an aromatic ring is 1. The minimum Gasteiger partial charge on any atom is -0.396 e. The molecule has 1 aromatic rings. The van der Waals surface area contributed by atoms with Gasteiger partial charge in [-0.05, 0) is 18.6 Å². The smallest absolute Gasteiger partial charge is 0.197 e. The number of aromatic nitrogens is 1. The van der Waals surface area contributed by atoms with Crippen molar-refractivity contribution < 1.29 is 8.42 Å². The van der Waals surface area contributed by atoms with Gasteiger partial charge in [0.1, 0.15) is 0 Å². The van der Waals surface area contributed by atoms with Gasteiger partial charge in [-0.3, -0.25) is 0 Å². The molecular formula is C8H12N2O2S. The summed E-state index contributed by atoms with van der Waals surface area (Å²) in [5, 5.41) is -0.0133. The van der Waals surface area contributed by atoms with Gasteiger partial charge >= 0.3 is 0 Å². The predicted molar refractivity (Wildman–Crippen MR) is 51.1 cm³/mol. The lowest BCUT2D eigenvalue weighted by atomic mass is 10.3.